The van der Waals surface area contributed by atoms with E-state index in [9.17, 15) is 4.79 Å². The van der Waals surface area contributed by atoms with E-state index in [1.54, 1.807) is 11.8 Å². The van der Waals surface area contributed by atoms with Gasteiger partial charge >= 0.3 is 0 Å². The molecule has 2 atom stereocenters. The summed E-state index contributed by atoms with van der Waals surface area (Å²) in [6.07, 6.45) is 5.33. The van der Waals surface area contributed by atoms with Gasteiger partial charge in [-0.15, -0.1) is 11.8 Å². The highest BCUT2D eigenvalue weighted by molar-refractivity contribution is 9.10. The Morgan fingerprint density at radius 2 is 2.00 bits per heavy atom. The fraction of sp³-hybridized carbons (Fsp3) is 0.562. The number of carbonyl (C=O) groups is 1. The van der Waals surface area contributed by atoms with Crippen molar-refractivity contribution in [2.75, 3.05) is 5.75 Å². The first-order chi connectivity index (χ1) is 10.2. The Morgan fingerprint density at radius 3 is 2.71 bits per heavy atom. The van der Waals surface area contributed by atoms with E-state index < -0.39 is 0 Å². The van der Waals surface area contributed by atoms with Crippen LogP contribution < -0.4 is 10.6 Å². The summed E-state index contributed by atoms with van der Waals surface area (Å²) in [5, 5.41) is 6.82. The van der Waals surface area contributed by atoms with Crippen molar-refractivity contribution in [1.82, 2.24) is 10.6 Å². The van der Waals surface area contributed by atoms with Gasteiger partial charge in [-0.2, -0.15) is 0 Å². The van der Waals surface area contributed by atoms with Crippen molar-refractivity contribution >= 4 is 33.6 Å². The topological polar surface area (TPSA) is 41.1 Å². The van der Waals surface area contributed by atoms with E-state index in [1.165, 1.54) is 17.7 Å². The Hall–Kier alpha value is -0.520. The van der Waals surface area contributed by atoms with Crippen LogP contribution in [0.5, 0.6) is 0 Å². The largest absolute Gasteiger partial charge is 0.353 e. The summed E-state index contributed by atoms with van der Waals surface area (Å²) in [7, 11) is 0. The minimum Gasteiger partial charge on any atom is -0.353 e. The standard InChI is InChI=1S/C16H21BrN2OS/c17-14-3-1-2-4-15(14)21-8-7-16(20)19-13-9-11-5-6-12(10-13)18-11/h1-4,11-13,18H,5-10H2,(H,19,20). The van der Waals surface area contributed by atoms with E-state index in [4.69, 9.17) is 0 Å². The van der Waals surface area contributed by atoms with Crippen molar-refractivity contribution < 1.29 is 4.79 Å². The molecule has 0 aliphatic carbocycles. The van der Waals surface area contributed by atoms with Gasteiger partial charge in [-0.3, -0.25) is 4.79 Å². The number of rotatable bonds is 5. The third-order valence-electron chi connectivity index (χ3n) is 4.26. The van der Waals surface area contributed by atoms with Crippen molar-refractivity contribution in [3.05, 3.63) is 28.7 Å². The van der Waals surface area contributed by atoms with Crippen LogP contribution in [-0.4, -0.2) is 29.8 Å². The second-order valence-corrected chi connectivity index (χ2v) is 7.89. The number of halogens is 1. The molecule has 2 aliphatic heterocycles. The minimum absolute atomic E-state index is 0.195. The molecule has 2 saturated heterocycles. The molecule has 2 unspecified atom stereocenters. The molecule has 3 nitrogen and oxygen atoms in total. The van der Waals surface area contributed by atoms with Crippen molar-refractivity contribution in [3.63, 3.8) is 0 Å². The van der Waals surface area contributed by atoms with Crippen LogP contribution in [0, 0.1) is 0 Å². The highest BCUT2D eigenvalue weighted by Crippen LogP contribution is 2.28. The Balaban J connectivity index is 1.40. The predicted molar refractivity (Wildman–Crippen MR) is 90.6 cm³/mol. The molecule has 2 N–H and O–H groups in total. The lowest BCUT2D eigenvalue weighted by Gasteiger charge is -2.29. The smallest absolute Gasteiger partial charge is 0.221 e. The highest BCUT2D eigenvalue weighted by atomic mass is 79.9. The summed E-state index contributed by atoms with van der Waals surface area (Å²) in [5.41, 5.74) is 0. The van der Waals surface area contributed by atoms with E-state index in [-0.39, 0.29) is 5.91 Å². The molecule has 0 saturated carbocycles. The van der Waals surface area contributed by atoms with Crippen molar-refractivity contribution in [1.29, 1.82) is 0 Å². The molecule has 5 heteroatoms. The molecule has 2 bridgehead atoms. The molecule has 21 heavy (non-hydrogen) atoms. The summed E-state index contributed by atoms with van der Waals surface area (Å²) >= 11 is 5.27. The molecule has 0 spiro atoms. The fourth-order valence-corrected chi connectivity index (χ4v) is 4.81. The predicted octanol–water partition coefficient (Wildman–Crippen LogP) is 3.33. The first-order valence-corrected chi connectivity index (χ1v) is 9.41. The van der Waals surface area contributed by atoms with Crippen LogP contribution in [0.4, 0.5) is 0 Å². The number of piperidine rings is 1. The normalized spacial score (nSPS) is 27.6. The van der Waals surface area contributed by atoms with Gasteiger partial charge in [0.25, 0.3) is 0 Å². The monoisotopic (exact) mass is 368 g/mol. The van der Waals surface area contributed by atoms with Gasteiger partial charge in [-0.1, -0.05) is 12.1 Å². The van der Waals surface area contributed by atoms with Gasteiger partial charge in [0.2, 0.25) is 5.91 Å². The zero-order valence-electron chi connectivity index (χ0n) is 12.0. The first-order valence-electron chi connectivity index (χ1n) is 7.63. The summed E-state index contributed by atoms with van der Waals surface area (Å²) in [6.45, 7) is 0. The number of benzene rings is 1. The van der Waals surface area contributed by atoms with Crippen LogP contribution in [0.15, 0.2) is 33.6 Å². The number of fused-ring (bicyclic) bond motifs is 2. The van der Waals surface area contributed by atoms with Crippen LogP contribution in [0.1, 0.15) is 32.1 Å². The molecule has 2 aliphatic rings. The van der Waals surface area contributed by atoms with Crippen molar-refractivity contribution in [2.45, 2.75) is 55.1 Å². The average Bonchev–Trinajstić information content (AvgIpc) is 2.80. The van der Waals surface area contributed by atoms with Gasteiger partial charge in [0.15, 0.2) is 0 Å². The number of thioether (sulfide) groups is 1. The SMILES string of the molecule is O=C(CCSc1ccccc1Br)NC1CC2CCC(C1)N2. The van der Waals surface area contributed by atoms with E-state index in [1.807, 2.05) is 18.2 Å². The number of nitrogens with one attached hydrogen (secondary N) is 2. The van der Waals surface area contributed by atoms with Crippen LogP contribution in [0.25, 0.3) is 0 Å². The Morgan fingerprint density at radius 1 is 1.29 bits per heavy atom. The highest BCUT2D eigenvalue weighted by Gasteiger charge is 2.33. The van der Waals surface area contributed by atoms with Gasteiger partial charge in [-0.25, -0.2) is 0 Å². The van der Waals surface area contributed by atoms with Crippen LogP contribution in [0.3, 0.4) is 0 Å². The van der Waals surface area contributed by atoms with Gasteiger partial charge in [-0.05, 0) is 53.7 Å². The molecular formula is C16H21BrN2OS. The molecule has 1 aromatic rings. The lowest BCUT2D eigenvalue weighted by molar-refractivity contribution is -0.121. The Kier molecular flexibility index (Phi) is 5.24. The molecule has 1 amide bonds. The molecule has 3 rings (SSSR count). The summed E-state index contributed by atoms with van der Waals surface area (Å²) < 4.78 is 1.10. The van der Waals surface area contributed by atoms with E-state index in [0.717, 1.165) is 23.1 Å². The van der Waals surface area contributed by atoms with Crippen molar-refractivity contribution in [2.24, 2.45) is 0 Å². The summed E-state index contributed by atoms with van der Waals surface area (Å²) in [6, 6.07) is 9.78. The van der Waals surface area contributed by atoms with Crippen LogP contribution in [0.2, 0.25) is 0 Å². The van der Waals surface area contributed by atoms with Gasteiger partial charge in [0, 0.05) is 39.7 Å². The second-order valence-electron chi connectivity index (χ2n) is 5.90. The maximum absolute atomic E-state index is 12.1. The molecule has 2 heterocycles. The molecular weight excluding hydrogens is 348 g/mol. The second kappa shape index (κ2) is 7.16. The minimum atomic E-state index is 0.195. The van der Waals surface area contributed by atoms with E-state index in [2.05, 4.69) is 32.6 Å². The molecule has 1 aromatic carbocycles. The fourth-order valence-electron chi connectivity index (χ4n) is 3.29. The molecule has 0 radical (unpaired) electrons. The maximum Gasteiger partial charge on any atom is 0.221 e. The molecule has 0 aromatic heterocycles. The molecule has 2 fully saturated rings. The first kappa shape index (κ1) is 15.4. The zero-order chi connectivity index (χ0) is 14.7. The lowest BCUT2D eigenvalue weighted by atomic mass is 10.00. The van der Waals surface area contributed by atoms with Gasteiger partial charge in [0.05, 0.1) is 0 Å². The Bertz CT molecular complexity index is 499. The van der Waals surface area contributed by atoms with Crippen LogP contribution >= 0.6 is 27.7 Å². The average molecular weight is 369 g/mol. The number of carbonyl (C=O) groups excluding carboxylic acids is 1. The van der Waals surface area contributed by atoms with E-state index in [0.29, 0.717) is 24.5 Å². The van der Waals surface area contributed by atoms with E-state index >= 15 is 0 Å². The van der Waals surface area contributed by atoms with Crippen LogP contribution in [-0.2, 0) is 4.79 Å². The number of amides is 1. The quantitative estimate of drug-likeness (QED) is 0.783. The number of hydrogen-bond donors (Lipinski definition) is 2. The lowest BCUT2D eigenvalue weighted by Crippen LogP contribution is -2.48. The third-order valence-corrected chi connectivity index (χ3v) is 6.29. The van der Waals surface area contributed by atoms with Gasteiger partial charge in [0.1, 0.15) is 0 Å². The molecule has 114 valence electrons. The van der Waals surface area contributed by atoms with Crippen molar-refractivity contribution in [3.8, 4) is 0 Å². The summed E-state index contributed by atoms with van der Waals surface area (Å²) in [4.78, 5) is 13.3. The summed E-state index contributed by atoms with van der Waals surface area (Å²) in [5.74, 6) is 1.02. The maximum atomic E-state index is 12.1. The Labute approximate surface area is 138 Å². The third kappa shape index (κ3) is 4.24. The number of hydrogen-bond acceptors (Lipinski definition) is 3. The zero-order valence-corrected chi connectivity index (χ0v) is 14.4. The van der Waals surface area contributed by atoms with Gasteiger partial charge < -0.3 is 10.6 Å².